The second-order valence-electron chi connectivity index (χ2n) is 5.76. The molecule has 1 saturated carbocycles. The van der Waals surface area contributed by atoms with Crippen molar-refractivity contribution in [2.75, 3.05) is 12.8 Å². The molecule has 0 bridgehead atoms. The van der Waals surface area contributed by atoms with Gasteiger partial charge in [0.15, 0.2) is 0 Å². The van der Waals surface area contributed by atoms with E-state index in [2.05, 4.69) is 5.32 Å². The predicted octanol–water partition coefficient (Wildman–Crippen LogP) is 2.91. The lowest BCUT2D eigenvalue weighted by Gasteiger charge is -2.34. The number of sulfone groups is 1. The Hall–Kier alpha value is -0.300. The average molecular weight is 315 g/mol. The van der Waals surface area contributed by atoms with Gasteiger partial charge in [0.25, 0.3) is 0 Å². The molecule has 0 heterocycles. The summed E-state index contributed by atoms with van der Waals surface area (Å²) in [7, 11) is -3.17. The maximum Gasteiger partial charge on any atom is 0.390 e. The number of hydrogen-bond acceptors (Lipinski definition) is 3. The molecule has 0 aromatic heterocycles. The van der Waals surface area contributed by atoms with Gasteiger partial charge >= 0.3 is 6.18 Å². The summed E-state index contributed by atoms with van der Waals surface area (Å²) in [6.07, 6.45) is -0.890. The van der Waals surface area contributed by atoms with Crippen LogP contribution in [0.3, 0.4) is 0 Å². The summed E-state index contributed by atoms with van der Waals surface area (Å²) in [5.74, 6) is -0.211. The molecule has 0 saturated heterocycles. The fourth-order valence-corrected chi connectivity index (χ4v) is 4.11. The average Bonchev–Trinajstić information content (AvgIpc) is 2.32. The lowest BCUT2D eigenvalue weighted by Crippen LogP contribution is -2.43. The highest BCUT2D eigenvalue weighted by Gasteiger charge is 2.38. The molecule has 1 fully saturated rings. The molecule has 3 atom stereocenters. The third-order valence-electron chi connectivity index (χ3n) is 3.95. The van der Waals surface area contributed by atoms with Crippen LogP contribution in [-0.4, -0.2) is 38.7 Å². The molecule has 1 N–H and O–H groups in total. The quantitative estimate of drug-likeness (QED) is 0.820. The number of rotatable bonds is 6. The summed E-state index contributed by atoms with van der Waals surface area (Å²) >= 11 is 0. The molecule has 0 amide bonds. The minimum atomic E-state index is -4.22. The highest BCUT2D eigenvalue weighted by Crippen LogP contribution is 2.34. The Labute approximate surface area is 119 Å². The molecule has 0 aliphatic heterocycles. The monoisotopic (exact) mass is 315 g/mol. The summed E-state index contributed by atoms with van der Waals surface area (Å²) < 4.78 is 61.2. The molecule has 7 heteroatoms. The van der Waals surface area contributed by atoms with Crippen LogP contribution in [0.25, 0.3) is 0 Å². The van der Waals surface area contributed by atoms with Crippen LogP contribution in [0.5, 0.6) is 0 Å². The molecular formula is C13H24F3NO2S. The van der Waals surface area contributed by atoms with E-state index in [1.165, 1.54) is 6.26 Å². The van der Waals surface area contributed by atoms with Crippen molar-refractivity contribution in [1.29, 1.82) is 0 Å². The van der Waals surface area contributed by atoms with Crippen molar-refractivity contribution in [1.82, 2.24) is 5.32 Å². The van der Waals surface area contributed by atoms with Crippen molar-refractivity contribution < 1.29 is 21.6 Å². The van der Waals surface area contributed by atoms with Gasteiger partial charge in [-0.2, -0.15) is 13.2 Å². The van der Waals surface area contributed by atoms with Gasteiger partial charge in [0.2, 0.25) is 0 Å². The highest BCUT2D eigenvalue weighted by atomic mass is 32.2. The first kappa shape index (κ1) is 17.8. The Kier molecular flexibility index (Phi) is 6.31. The van der Waals surface area contributed by atoms with E-state index in [0.717, 1.165) is 6.42 Å². The molecule has 120 valence electrons. The van der Waals surface area contributed by atoms with Crippen LogP contribution < -0.4 is 5.32 Å². The topological polar surface area (TPSA) is 46.2 Å². The molecule has 1 aliphatic rings. The van der Waals surface area contributed by atoms with Crippen molar-refractivity contribution >= 4 is 9.84 Å². The predicted molar refractivity (Wildman–Crippen MR) is 73.3 cm³/mol. The van der Waals surface area contributed by atoms with Gasteiger partial charge in [-0.05, 0) is 38.1 Å². The van der Waals surface area contributed by atoms with E-state index in [9.17, 15) is 21.6 Å². The third kappa shape index (κ3) is 5.99. The van der Waals surface area contributed by atoms with Gasteiger partial charge in [-0.3, -0.25) is 0 Å². The Morgan fingerprint density at radius 1 is 1.30 bits per heavy atom. The molecule has 3 unspecified atom stereocenters. The van der Waals surface area contributed by atoms with Crippen molar-refractivity contribution in [2.45, 2.75) is 62.9 Å². The first-order valence-corrected chi connectivity index (χ1v) is 9.08. The van der Waals surface area contributed by atoms with Crippen molar-refractivity contribution in [3.63, 3.8) is 0 Å². The zero-order valence-electron chi connectivity index (χ0n) is 12.0. The molecule has 0 spiro atoms. The largest absolute Gasteiger partial charge is 0.390 e. The maximum atomic E-state index is 12.7. The van der Waals surface area contributed by atoms with E-state index in [0.29, 0.717) is 32.2 Å². The molecule has 20 heavy (non-hydrogen) atoms. The minimum absolute atomic E-state index is 0.211. The molecule has 0 aromatic carbocycles. The summed E-state index contributed by atoms with van der Waals surface area (Å²) in [4.78, 5) is 0. The van der Waals surface area contributed by atoms with Crippen LogP contribution in [0.15, 0.2) is 0 Å². The maximum absolute atomic E-state index is 12.7. The zero-order valence-corrected chi connectivity index (χ0v) is 12.9. The van der Waals surface area contributed by atoms with E-state index in [4.69, 9.17) is 0 Å². The lowest BCUT2D eigenvalue weighted by atomic mass is 9.82. The van der Waals surface area contributed by atoms with Crippen LogP contribution in [0.2, 0.25) is 0 Å². The van der Waals surface area contributed by atoms with Crippen molar-refractivity contribution in [3.8, 4) is 0 Å². The zero-order chi connectivity index (χ0) is 15.4. The summed E-state index contributed by atoms with van der Waals surface area (Å²) in [6, 6.07) is -0.667. The molecular weight excluding hydrogens is 291 g/mol. The highest BCUT2D eigenvalue weighted by molar-refractivity contribution is 7.91. The van der Waals surface area contributed by atoms with Gasteiger partial charge in [-0.15, -0.1) is 0 Å². The summed E-state index contributed by atoms with van der Waals surface area (Å²) in [5, 5.41) is 2.47. The molecule has 0 radical (unpaired) electrons. The van der Waals surface area contributed by atoms with Crippen LogP contribution in [-0.2, 0) is 9.84 Å². The molecule has 1 rings (SSSR count). The fraction of sp³-hybridized carbons (Fsp3) is 1.00. The third-order valence-corrected chi connectivity index (χ3v) is 5.59. The van der Waals surface area contributed by atoms with Gasteiger partial charge in [0, 0.05) is 12.3 Å². The summed E-state index contributed by atoms with van der Waals surface area (Å²) in [5.41, 5.74) is 0. The first-order chi connectivity index (χ1) is 9.13. The van der Waals surface area contributed by atoms with Gasteiger partial charge in [0.05, 0.1) is 11.7 Å². The number of hydrogen-bond donors (Lipinski definition) is 1. The van der Waals surface area contributed by atoms with E-state index < -0.39 is 33.7 Å². The molecule has 3 nitrogen and oxygen atoms in total. The van der Waals surface area contributed by atoms with E-state index in [-0.39, 0.29) is 5.92 Å². The van der Waals surface area contributed by atoms with Gasteiger partial charge < -0.3 is 5.32 Å². The van der Waals surface area contributed by atoms with Gasteiger partial charge in [-0.1, -0.05) is 13.3 Å². The van der Waals surface area contributed by atoms with E-state index in [1.54, 1.807) is 0 Å². The summed E-state index contributed by atoms with van der Waals surface area (Å²) in [6.45, 7) is 2.43. The Morgan fingerprint density at radius 3 is 2.45 bits per heavy atom. The Bertz CT molecular complexity index is 395. The number of alkyl halides is 3. The van der Waals surface area contributed by atoms with Gasteiger partial charge in [0.1, 0.15) is 9.84 Å². The van der Waals surface area contributed by atoms with E-state index in [1.807, 2.05) is 6.92 Å². The second kappa shape index (κ2) is 7.11. The fourth-order valence-electron chi connectivity index (χ4n) is 2.92. The SMILES string of the molecule is CCCNC(CC(F)(F)F)C1CCCC(S(C)(=O)=O)C1. The van der Waals surface area contributed by atoms with Crippen molar-refractivity contribution in [2.24, 2.45) is 5.92 Å². The van der Waals surface area contributed by atoms with Crippen LogP contribution in [0.1, 0.15) is 45.4 Å². The second-order valence-corrected chi connectivity index (χ2v) is 8.08. The Balaban J connectivity index is 2.74. The van der Waals surface area contributed by atoms with Crippen LogP contribution in [0, 0.1) is 5.92 Å². The number of halogens is 3. The van der Waals surface area contributed by atoms with Crippen LogP contribution in [0.4, 0.5) is 13.2 Å². The minimum Gasteiger partial charge on any atom is -0.313 e. The Morgan fingerprint density at radius 2 is 1.95 bits per heavy atom. The first-order valence-electron chi connectivity index (χ1n) is 7.12. The standard InChI is InChI=1S/C13H24F3NO2S/c1-3-7-17-12(9-13(14,15)16)10-5-4-6-11(8-10)20(2,18)19/h10-12,17H,3-9H2,1-2H3. The smallest absolute Gasteiger partial charge is 0.313 e. The lowest BCUT2D eigenvalue weighted by molar-refractivity contribution is -0.143. The molecule has 1 aliphatic carbocycles. The molecule has 0 aromatic rings. The number of nitrogens with one attached hydrogen (secondary N) is 1. The normalized spacial score (nSPS) is 26.4. The van der Waals surface area contributed by atoms with Gasteiger partial charge in [-0.25, -0.2) is 8.42 Å². The van der Waals surface area contributed by atoms with Crippen LogP contribution >= 0.6 is 0 Å². The van der Waals surface area contributed by atoms with Crippen molar-refractivity contribution in [3.05, 3.63) is 0 Å². The van der Waals surface area contributed by atoms with E-state index >= 15 is 0 Å².